The number of pyridine rings is 1. The topological polar surface area (TPSA) is 105 Å². The number of hydrogen-bond donors (Lipinski definition) is 3. The van der Waals surface area contributed by atoms with E-state index in [1.54, 1.807) is 24.5 Å². The average molecular weight is 209 g/mol. The number of aromatic nitrogens is 1. The van der Waals surface area contributed by atoms with Crippen LogP contribution in [-0.4, -0.2) is 28.0 Å². The lowest BCUT2D eigenvalue weighted by molar-refractivity contribution is -0.142. The van der Waals surface area contributed by atoms with Crippen molar-refractivity contribution in [1.82, 2.24) is 10.3 Å². The number of amides is 1. The molecule has 1 aromatic heterocycles. The summed E-state index contributed by atoms with van der Waals surface area (Å²) >= 11 is 0. The fourth-order valence-corrected chi connectivity index (χ4v) is 0.914. The van der Waals surface area contributed by atoms with Crippen LogP contribution in [0.4, 0.5) is 0 Å². The van der Waals surface area contributed by atoms with Gasteiger partial charge in [-0.3, -0.25) is 9.78 Å². The van der Waals surface area contributed by atoms with Gasteiger partial charge < -0.3 is 16.2 Å². The average Bonchev–Trinajstić information content (AvgIpc) is 2.26. The van der Waals surface area contributed by atoms with Gasteiger partial charge in [0.25, 0.3) is 0 Å². The summed E-state index contributed by atoms with van der Waals surface area (Å²) < 4.78 is 0. The van der Waals surface area contributed by atoms with E-state index >= 15 is 0 Å². The SMILES string of the molecule is NC(C(=O)O)C(=O)NCc1cccnc1. The van der Waals surface area contributed by atoms with Gasteiger partial charge in [0.15, 0.2) is 6.04 Å². The Morgan fingerprint density at radius 2 is 2.33 bits per heavy atom. The molecule has 1 unspecified atom stereocenters. The Hall–Kier alpha value is -1.95. The highest BCUT2D eigenvalue weighted by molar-refractivity contribution is 6.00. The Balaban J connectivity index is 2.44. The normalized spacial score (nSPS) is 11.8. The molecule has 1 aromatic rings. The lowest BCUT2D eigenvalue weighted by Gasteiger charge is -2.07. The fourth-order valence-electron chi connectivity index (χ4n) is 0.914. The number of carboxylic acid groups (broad SMARTS) is 1. The Kier molecular flexibility index (Phi) is 3.75. The molecule has 80 valence electrons. The summed E-state index contributed by atoms with van der Waals surface area (Å²) in [6.45, 7) is 0.216. The Labute approximate surface area is 86.1 Å². The number of nitrogens with one attached hydrogen (secondary N) is 1. The van der Waals surface area contributed by atoms with Gasteiger partial charge in [-0.2, -0.15) is 0 Å². The summed E-state index contributed by atoms with van der Waals surface area (Å²) in [5.74, 6) is -2.06. The maximum absolute atomic E-state index is 11.1. The molecule has 0 radical (unpaired) electrons. The van der Waals surface area contributed by atoms with E-state index < -0.39 is 17.9 Å². The van der Waals surface area contributed by atoms with Gasteiger partial charge in [0.1, 0.15) is 0 Å². The van der Waals surface area contributed by atoms with Gasteiger partial charge in [-0.25, -0.2) is 4.79 Å². The van der Waals surface area contributed by atoms with E-state index in [9.17, 15) is 9.59 Å². The second kappa shape index (κ2) is 5.06. The van der Waals surface area contributed by atoms with Crippen LogP contribution in [0.5, 0.6) is 0 Å². The number of carbonyl (C=O) groups is 2. The number of aliphatic carboxylic acids is 1. The van der Waals surface area contributed by atoms with Gasteiger partial charge >= 0.3 is 5.97 Å². The van der Waals surface area contributed by atoms with Crippen molar-refractivity contribution < 1.29 is 14.7 Å². The first-order valence-corrected chi connectivity index (χ1v) is 4.26. The van der Waals surface area contributed by atoms with Crippen molar-refractivity contribution in [1.29, 1.82) is 0 Å². The maximum Gasteiger partial charge on any atom is 0.330 e. The molecule has 1 amide bonds. The lowest BCUT2D eigenvalue weighted by Crippen LogP contribution is -2.45. The first kappa shape index (κ1) is 11.1. The van der Waals surface area contributed by atoms with E-state index in [4.69, 9.17) is 10.8 Å². The number of hydrogen-bond acceptors (Lipinski definition) is 4. The molecule has 0 aliphatic rings. The van der Waals surface area contributed by atoms with E-state index in [1.807, 2.05) is 0 Å². The number of carbonyl (C=O) groups excluding carboxylic acids is 1. The van der Waals surface area contributed by atoms with Crippen LogP contribution in [0.15, 0.2) is 24.5 Å². The van der Waals surface area contributed by atoms with Gasteiger partial charge in [0.05, 0.1) is 0 Å². The third-order valence-electron chi connectivity index (χ3n) is 1.74. The van der Waals surface area contributed by atoms with E-state index in [1.165, 1.54) is 0 Å². The summed E-state index contributed by atoms with van der Waals surface area (Å²) in [4.78, 5) is 25.3. The summed E-state index contributed by atoms with van der Waals surface area (Å²) in [7, 11) is 0. The molecule has 6 nitrogen and oxygen atoms in total. The highest BCUT2D eigenvalue weighted by atomic mass is 16.4. The van der Waals surface area contributed by atoms with Crippen LogP contribution < -0.4 is 11.1 Å². The van der Waals surface area contributed by atoms with Gasteiger partial charge in [-0.1, -0.05) is 6.07 Å². The molecule has 0 spiro atoms. The molecule has 0 fully saturated rings. The second-order valence-electron chi connectivity index (χ2n) is 2.89. The smallest absolute Gasteiger partial charge is 0.330 e. The fraction of sp³-hybridized carbons (Fsp3) is 0.222. The van der Waals surface area contributed by atoms with Gasteiger partial charge in [0, 0.05) is 18.9 Å². The zero-order valence-electron chi connectivity index (χ0n) is 7.88. The summed E-state index contributed by atoms with van der Waals surface area (Å²) in [5, 5.41) is 10.8. The molecule has 6 heteroatoms. The minimum Gasteiger partial charge on any atom is -0.480 e. The van der Waals surface area contributed by atoms with Crippen molar-refractivity contribution in [2.24, 2.45) is 5.73 Å². The minimum absolute atomic E-state index is 0.216. The summed E-state index contributed by atoms with van der Waals surface area (Å²) in [6, 6.07) is 1.96. The molecule has 0 saturated heterocycles. The van der Waals surface area contributed by atoms with E-state index in [-0.39, 0.29) is 6.54 Å². The predicted octanol–water partition coefficient (Wildman–Crippen LogP) is -0.890. The molecule has 0 aliphatic heterocycles. The molecular formula is C9H11N3O3. The van der Waals surface area contributed by atoms with Crippen molar-refractivity contribution in [3.8, 4) is 0 Å². The van der Waals surface area contributed by atoms with Crippen LogP contribution in [0.25, 0.3) is 0 Å². The highest BCUT2D eigenvalue weighted by Gasteiger charge is 2.20. The van der Waals surface area contributed by atoms with Crippen LogP contribution in [0.1, 0.15) is 5.56 Å². The predicted molar refractivity (Wildman–Crippen MR) is 51.7 cm³/mol. The first-order valence-electron chi connectivity index (χ1n) is 4.26. The Bertz CT molecular complexity index is 353. The van der Waals surface area contributed by atoms with Crippen LogP contribution in [0.2, 0.25) is 0 Å². The van der Waals surface area contributed by atoms with Crippen LogP contribution in [-0.2, 0) is 16.1 Å². The monoisotopic (exact) mass is 209 g/mol. The molecule has 0 bridgehead atoms. The maximum atomic E-state index is 11.1. The molecule has 1 heterocycles. The highest BCUT2D eigenvalue weighted by Crippen LogP contribution is 1.94. The van der Waals surface area contributed by atoms with Crippen LogP contribution in [0, 0.1) is 0 Å². The Morgan fingerprint density at radius 1 is 1.60 bits per heavy atom. The minimum atomic E-state index is -1.53. The molecular weight excluding hydrogens is 198 g/mol. The molecule has 4 N–H and O–H groups in total. The van der Waals surface area contributed by atoms with Gasteiger partial charge in [-0.05, 0) is 11.6 Å². The standard InChI is InChI=1S/C9H11N3O3/c10-7(9(14)15)8(13)12-5-6-2-1-3-11-4-6/h1-4,7H,5,10H2,(H,12,13)(H,14,15). The zero-order chi connectivity index (χ0) is 11.3. The first-order chi connectivity index (χ1) is 7.11. The van der Waals surface area contributed by atoms with E-state index in [0.29, 0.717) is 0 Å². The van der Waals surface area contributed by atoms with Gasteiger partial charge in [-0.15, -0.1) is 0 Å². The number of rotatable bonds is 4. The lowest BCUT2D eigenvalue weighted by atomic mass is 10.2. The zero-order valence-corrected chi connectivity index (χ0v) is 7.88. The summed E-state index contributed by atoms with van der Waals surface area (Å²) in [6.07, 6.45) is 3.18. The van der Waals surface area contributed by atoms with Crippen molar-refractivity contribution in [3.63, 3.8) is 0 Å². The third kappa shape index (κ3) is 3.35. The molecule has 0 aromatic carbocycles. The molecule has 15 heavy (non-hydrogen) atoms. The molecule has 1 atom stereocenters. The van der Waals surface area contributed by atoms with Crippen molar-refractivity contribution in [3.05, 3.63) is 30.1 Å². The number of nitrogens with zero attached hydrogens (tertiary/aromatic N) is 1. The molecule has 1 rings (SSSR count). The van der Waals surface area contributed by atoms with E-state index in [2.05, 4.69) is 10.3 Å². The largest absolute Gasteiger partial charge is 0.480 e. The summed E-state index contributed by atoms with van der Waals surface area (Å²) in [5.41, 5.74) is 5.88. The van der Waals surface area contributed by atoms with E-state index in [0.717, 1.165) is 5.56 Å². The van der Waals surface area contributed by atoms with Crippen LogP contribution >= 0.6 is 0 Å². The van der Waals surface area contributed by atoms with Crippen molar-refractivity contribution in [2.45, 2.75) is 12.6 Å². The molecule has 0 saturated carbocycles. The van der Waals surface area contributed by atoms with Crippen molar-refractivity contribution >= 4 is 11.9 Å². The second-order valence-corrected chi connectivity index (χ2v) is 2.89. The number of carboxylic acids is 1. The number of nitrogens with two attached hydrogens (primary N) is 1. The van der Waals surface area contributed by atoms with Crippen LogP contribution in [0.3, 0.4) is 0 Å². The third-order valence-corrected chi connectivity index (χ3v) is 1.74. The van der Waals surface area contributed by atoms with Gasteiger partial charge in [0.2, 0.25) is 5.91 Å². The van der Waals surface area contributed by atoms with Crippen molar-refractivity contribution in [2.75, 3.05) is 0 Å². The Morgan fingerprint density at radius 3 is 2.87 bits per heavy atom. The quantitative estimate of drug-likeness (QED) is 0.558. The molecule has 0 aliphatic carbocycles.